The molecule has 0 aromatic heterocycles. The predicted octanol–water partition coefficient (Wildman–Crippen LogP) is 3.96. The van der Waals surface area contributed by atoms with Crippen molar-refractivity contribution < 1.29 is 18.7 Å². The maximum absolute atomic E-state index is 15.0. The number of hydrogen-bond donors (Lipinski definition) is 1. The van der Waals surface area contributed by atoms with E-state index in [1.807, 2.05) is 5.41 Å². The number of aliphatic imine (C=N–C) groups is 1. The average molecular weight is 487 g/mol. The number of ether oxygens (including phenoxy) is 1. The van der Waals surface area contributed by atoms with Crippen LogP contribution in [0.5, 0.6) is 0 Å². The maximum atomic E-state index is 15.0. The summed E-state index contributed by atoms with van der Waals surface area (Å²) < 4.78 is 20.3. The molecule has 9 heteroatoms. The van der Waals surface area contributed by atoms with Crippen LogP contribution in [-0.4, -0.2) is 59.6 Å². The molecule has 1 atom stereocenters. The highest BCUT2D eigenvalue weighted by Crippen LogP contribution is 2.45. The highest BCUT2D eigenvalue weighted by molar-refractivity contribution is 8.16. The van der Waals surface area contributed by atoms with Gasteiger partial charge in [-0.3, -0.25) is 4.79 Å². The molecular weight excluding hydrogens is 455 g/mol. The van der Waals surface area contributed by atoms with Gasteiger partial charge in [0.25, 0.3) is 0 Å². The Morgan fingerprint density at radius 3 is 2.74 bits per heavy atom. The third kappa shape index (κ3) is 5.36. The second-order valence-electron chi connectivity index (χ2n) is 8.56. The normalized spacial score (nSPS) is 20.6. The highest BCUT2D eigenvalue weighted by atomic mass is 32.2. The number of nitrogens with zero attached hydrogens (tertiary/aromatic N) is 3. The molecule has 1 aromatic carbocycles. The highest BCUT2D eigenvalue weighted by Gasteiger charge is 2.42. The molecule has 4 rings (SSSR count). The van der Waals surface area contributed by atoms with Gasteiger partial charge in [0.15, 0.2) is 5.17 Å². The quantitative estimate of drug-likeness (QED) is 0.561. The molecule has 7 nitrogen and oxygen atoms in total. The Labute approximate surface area is 204 Å². The molecule has 1 unspecified atom stereocenters. The molecule has 1 fully saturated rings. The fourth-order valence-corrected chi connectivity index (χ4v) is 5.56. The lowest BCUT2D eigenvalue weighted by Crippen LogP contribution is -2.40. The first-order valence-electron chi connectivity index (χ1n) is 11.8. The van der Waals surface area contributed by atoms with Crippen LogP contribution in [0.15, 0.2) is 51.6 Å². The largest absolute Gasteiger partial charge is 0.463 e. The van der Waals surface area contributed by atoms with E-state index in [1.165, 1.54) is 37.1 Å². The molecule has 0 aliphatic carbocycles. The van der Waals surface area contributed by atoms with Crippen LogP contribution in [0.2, 0.25) is 0 Å². The van der Waals surface area contributed by atoms with Gasteiger partial charge in [-0.25, -0.2) is 14.2 Å². The van der Waals surface area contributed by atoms with Crippen LogP contribution >= 0.6 is 11.8 Å². The lowest BCUT2D eigenvalue weighted by atomic mass is 9.93. The number of nitrogens with one attached hydrogen (secondary N) is 1. The van der Waals surface area contributed by atoms with E-state index in [0.29, 0.717) is 28.7 Å². The third-order valence-electron chi connectivity index (χ3n) is 6.24. The molecular formula is C25H31FN4O3S. The number of carbonyl (C=O) groups is 2. The smallest absolute Gasteiger partial charge is 0.338 e. The summed E-state index contributed by atoms with van der Waals surface area (Å²) >= 11 is 1.38. The Kier molecular flexibility index (Phi) is 8.05. The van der Waals surface area contributed by atoms with Gasteiger partial charge in [0.2, 0.25) is 5.91 Å². The van der Waals surface area contributed by atoms with E-state index in [9.17, 15) is 14.0 Å². The van der Waals surface area contributed by atoms with Crippen LogP contribution in [0.3, 0.4) is 0 Å². The molecule has 3 aliphatic rings. The van der Waals surface area contributed by atoms with Crippen molar-refractivity contribution in [1.29, 1.82) is 0 Å². The lowest BCUT2D eigenvalue weighted by molar-refractivity contribution is -0.139. The molecule has 0 radical (unpaired) electrons. The summed E-state index contributed by atoms with van der Waals surface area (Å²) in [5, 5.41) is 5.49. The van der Waals surface area contributed by atoms with E-state index in [1.54, 1.807) is 36.9 Å². The molecule has 1 amide bonds. The van der Waals surface area contributed by atoms with Crippen LogP contribution in [-0.2, 0) is 14.3 Å². The van der Waals surface area contributed by atoms with E-state index in [0.717, 1.165) is 19.6 Å². The molecule has 0 spiro atoms. The predicted molar refractivity (Wildman–Crippen MR) is 131 cm³/mol. The Balaban J connectivity index is 1.53. The summed E-state index contributed by atoms with van der Waals surface area (Å²) in [5.41, 5.74) is 1.80. The fourth-order valence-electron chi connectivity index (χ4n) is 4.59. The molecule has 182 valence electrons. The van der Waals surface area contributed by atoms with Crippen molar-refractivity contribution in [1.82, 2.24) is 15.1 Å². The molecule has 34 heavy (non-hydrogen) atoms. The number of fused-ring (bicyclic) bond motifs is 1. The van der Waals surface area contributed by atoms with Crippen molar-refractivity contribution in [2.75, 3.05) is 32.8 Å². The molecule has 1 aromatic rings. The van der Waals surface area contributed by atoms with Crippen molar-refractivity contribution in [3.05, 3.63) is 58.0 Å². The number of thioether (sulfide) groups is 1. The van der Waals surface area contributed by atoms with Crippen molar-refractivity contribution in [3.63, 3.8) is 0 Å². The monoisotopic (exact) mass is 486 g/mol. The summed E-state index contributed by atoms with van der Waals surface area (Å²) in [7, 11) is 0. The second kappa shape index (κ2) is 11.2. The summed E-state index contributed by atoms with van der Waals surface area (Å²) in [6, 6.07) is 5.63. The number of amides is 1. The van der Waals surface area contributed by atoms with Gasteiger partial charge in [-0.15, -0.1) is 0 Å². The number of rotatable bonds is 8. The molecule has 3 aliphatic heterocycles. The maximum Gasteiger partial charge on any atom is 0.338 e. The van der Waals surface area contributed by atoms with Gasteiger partial charge >= 0.3 is 5.97 Å². The van der Waals surface area contributed by atoms with Gasteiger partial charge in [-0.05, 0) is 51.3 Å². The number of likely N-dealkylation sites (tertiary alicyclic amines) is 1. The van der Waals surface area contributed by atoms with Crippen LogP contribution < -0.4 is 5.32 Å². The van der Waals surface area contributed by atoms with Crippen molar-refractivity contribution in [2.45, 2.75) is 45.6 Å². The topological polar surface area (TPSA) is 74.2 Å². The summed E-state index contributed by atoms with van der Waals surface area (Å²) in [6.07, 6.45) is 3.82. The zero-order valence-corrected chi connectivity index (χ0v) is 20.5. The van der Waals surface area contributed by atoms with Crippen molar-refractivity contribution in [3.8, 4) is 0 Å². The van der Waals surface area contributed by atoms with Crippen molar-refractivity contribution >= 4 is 28.8 Å². The first-order valence-corrected chi connectivity index (χ1v) is 12.7. The average Bonchev–Trinajstić information content (AvgIpc) is 3.21. The number of carbonyl (C=O) groups excluding carboxylic acids is 2. The number of benzene rings is 1. The zero-order valence-electron chi connectivity index (χ0n) is 19.7. The standard InChI is InChI=1S/C25H31FN4O3S/c1-3-33-24(32)22-17(2)28-25-30(23(22)19-9-5-6-10-20(19)26)18(16-34-25)15-21(31)27-11-14-29-12-7-4-8-13-29/h5-6,9-10,16,23H,3-4,7-8,11-15H2,1-2H3,(H,27,31). The van der Waals surface area contributed by atoms with E-state index < -0.39 is 17.8 Å². The first-order chi connectivity index (χ1) is 16.5. The van der Waals surface area contributed by atoms with Gasteiger partial charge in [0.05, 0.1) is 30.3 Å². The summed E-state index contributed by atoms with van der Waals surface area (Å²) in [5.74, 6) is -1.06. The second-order valence-corrected chi connectivity index (χ2v) is 9.40. The van der Waals surface area contributed by atoms with Gasteiger partial charge in [-0.1, -0.05) is 36.4 Å². The van der Waals surface area contributed by atoms with Gasteiger partial charge in [0, 0.05) is 24.4 Å². The molecule has 0 bridgehead atoms. The minimum absolute atomic E-state index is 0.110. The third-order valence-corrected chi connectivity index (χ3v) is 7.13. The Bertz CT molecular complexity index is 1030. The van der Waals surface area contributed by atoms with E-state index in [-0.39, 0.29) is 24.5 Å². The zero-order chi connectivity index (χ0) is 24.1. The van der Waals surface area contributed by atoms with Crippen molar-refractivity contribution in [2.24, 2.45) is 4.99 Å². The van der Waals surface area contributed by atoms with E-state index >= 15 is 0 Å². The summed E-state index contributed by atoms with van der Waals surface area (Å²) in [4.78, 5) is 34.4. The minimum atomic E-state index is -0.754. The number of esters is 1. The van der Waals surface area contributed by atoms with Gasteiger partial charge in [-0.2, -0.15) is 0 Å². The SMILES string of the molecule is CCOC(=O)C1=C(C)N=C2SC=C(CC(=O)NCCN3CCCCC3)N2C1c1ccccc1F. The van der Waals surface area contributed by atoms with Crippen LogP contribution in [0.1, 0.15) is 51.1 Å². The van der Waals surface area contributed by atoms with E-state index in [4.69, 9.17) is 4.74 Å². The van der Waals surface area contributed by atoms with Crippen LogP contribution in [0.25, 0.3) is 0 Å². The first kappa shape index (κ1) is 24.5. The number of hydrogen-bond acceptors (Lipinski definition) is 7. The molecule has 1 saturated heterocycles. The lowest BCUT2D eigenvalue weighted by Gasteiger charge is -2.36. The number of piperidine rings is 1. The Hall–Kier alpha value is -2.65. The molecule has 3 heterocycles. The minimum Gasteiger partial charge on any atom is -0.463 e. The Morgan fingerprint density at radius 2 is 2.00 bits per heavy atom. The van der Waals surface area contributed by atoms with Gasteiger partial charge in [0.1, 0.15) is 5.82 Å². The number of allylic oxidation sites excluding steroid dienone is 1. The fraction of sp³-hybridized carbons (Fsp3) is 0.480. The Morgan fingerprint density at radius 1 is 1.24 bits per heavy atom. The molecule has 0 saturated carbocycles. The van der Waals surface area contributed by atoms with Gasteiger partial charge < -0.3 is 19.9 Å². The van der Waals surface area contributed by atoms with Crippen LogP contribution in [0.4, 0.5) is 4.39 Å². The van der Waals surface area contributed by atoms with E-state index in [2.05, 4.69) is 15.2 Å². The number of amidine groups is 1. The summed E-state index contributed by atoms with van der Waals surface area (Å²) in [6.45, 7) is 7.25. The number of halogens is 1. The van der Waals surface area contributed by atoms with Crippen LogP contribution in [0, 0.1) is 5.82 Å². The molecule has 1 N–H and O–H groups in total.